The lowest BCUT2D eigenvalue weighted by Gasteiger charge is -2.06. The highest BCUT2D eigenvalue weighted by atomic mass is 35.5. The van der Waals surface area contributed by atoms with Gasteiger partial charge >= 0.3 is 6.18 Å². The number of alkyl halides is 4. The first kappa shape index (κ1) is 15.4. The van der Waals surface area contributed by atoms with Crippen LogP contribution in [0.2, 0.25) is 0 Å². The van der Waals surface area contributed by atoms with Crippen molar-refractivity contribution in [1.82, 2.24) is 10.5 Å². The fourth-order valence-electron chi connectivity index (χ4n) is 1.77. The van der Waals surface area contributed by atoms with Crippen molar-refractivity contribution in [2.45, 2.75) is 12.1 Å². The van der Waals surface area contributed by atoms with Crippen LogP contribution in [-0.2, 0) is 12.1 Å². The number of hydrogen-bond acceptors (Lipinski definition) is 3. The molecule has 1 aromatic heterocycles. The number of aromatic nitrogens is 1. The SMILES string of the molecule is CNC(=O)c1noc(-c2ccc(C(F)(F)F)cc2)c1CCl. The first-order valence-corrected chi connectivity index (χ1v) is 6.36. The van der Waals surface area contributed by atoms with E-state index in [0.29, 0.717) is 11.1 Å². The third kappa shape index (κ3) is 3.02. The quantitative estimate of drug-likeness (QED) is 0.882. The maximum absolute atomic E-state index is 12.5. The third-order valence-corrected chi connectivity index (χ3v) is 3.11. The highest BCUT2D eigenvalue weighted by molar-refractivity contribution is 6.18. The van der Waals surface area contributed by atoms with Crippen LogP contribution in [0, 0.1) is 0 Å². The Morgan fingerprint density at radius 2 is 1.95 bits per heavy atom. The first-order chi connectivity index (χ1) is 9.88. The van der Waals surface area contributed by atoms with E-state index in [1.165, 1.54) is 19.2 Å². The summed E-state index contributed by atoms with van der Waals surface area (Å²) in [6.45, 7) is 0. The monoisotopic (exact) mass is 318 g/mol. The summed E-state index contributed by atoms with van der Waals surface area (Å²) in [5.74, 6) is -0.354. The molecule has 0 atom stereocenters. The van der Waals surface area contributed by atoms with Crippen molar-refractivity contribution < 1.29 is 22.5 Å². The van der Waals surface area contributed by atoms with Gasteiger partial charge < -0.3 is 9.84 Å². The van der Waals surface area contributed by atoms with E-state index in [4.69, 9.17) is 16.1 Å². The van der Waals surface area contributed by atoms with E-state index in [2.05, 4.69) is 10.5 Å². The second-order valence-electron chi connectivity index (χ2n) is 4.13. The van der Waals surface area contributed by atoms with E-state index in [1.807, 2.05) is 0 Å². The van der Waals surface area contributed by atoms with Gasteiger partial charge in [0.05, 0.1) is 11.4 Å². The maximum atomic E-state index is 12.5. The Kier molecular flexibility index (Phi) is 4.22. The zero-order valence-electron chi connectivity index (χ0n) is 10.8. The lowest BCUT2D eigenvalue weighted by molar-refractivity contribution is -0.137. The van der Waals surface area contributed by atoms with Gasteiger partial charge in [-0.1, -0.05) is 17.3 Å². The fourth-order valence-corrected chi connectivity index (χ4v) is 2.02. The minimum Gasteiger partial charge on any atom is -0.355 e. The third-order valence-electron chi connectivity index (χ3n) is 2.84. The van der Waals surface area contributed by atoms with Crippen LogP contribution in [0.1, 0.15) is 21.6 Å². The van der Waals surface area contributed by atoms with Crippen molar-refractivity contribution in [1.29, 1.82) is 0 Å². The Balaban J connectivity index is 2.43. The molecule has 1 N–H and O–H groups in total. The molecular formula is C13H10ClF3N2O2. The van der Waals surface area contributed by atoms with Crippen molar-refractivity contribution >= 4 is 17.5 Å². The van der Waals surface area contributed by atoms with E-state index in [9.17, 15) is 18.0 Å². The molecular weight excluding hydrogens is 309 g/mol. The van der Waals surface area contributed by atoms with E-state index < -0.39 is 17.6 Å². The molecule has 1 heterocycles. The van der Waals surface area contributed by atoms with Gasteiger partial charge in [-0.3, -0.25) is 4.79 Å². The average Bonchev–Trinajstić information content (AvgIpc) is 2.89. The predicted molar refractivity (Wildman–Crippen MR) is 69.9 cm³/mol. The number of nitrogens with zero attached hydrogens (tertiary/aromatic N) is 1. The molecule has 1 amide bonds. The standard InChI is InChI=1S/C13H10ClF3N2O2/c1-18-12(20)10-9(6-14)11(21-19-10)7-2-4-8(5-3-7)13(15,16)17/h2-5H,6H2,1H3,(H,18,20). The van der Waals surface area contributed by atoms with Gasteiger partial charge in [0.1, 0.15) is 0 Å². The molecule has 0 bridgehead atoms. The molecule has 21 heavy (non-hydrogen) atoms. The van der Waals surface area contributed by atoms with Crippen LogP contribution in [-0.4, -0.2) is 18.1 Å². The van der Waals surface area contributed by atoms with Gasteiger partial charge in [0, 0.05) is 18.2 Å². The van der Waals surface area contributed by atoms with E-state index >= 15 is 0 Å². The molecule has 4 nitrogen and oxygen atoms in total. The average molecular weight is 319 g/mol. The predicted octanol–water partition coefficient (Wildman–Crippen LogP) is 3.46. The van der Waals surface area contributed by atoms with Crippen LogP contribution in [0.25, 0.3) is 11.3 Å². The lowest BCUT2D eigenvalue weighted by atomic mass is 10.1. The molecule has 0 radical (unpaired) electrons. The summed E-state index contributed by atoms with van der Waals surface area (Å²) in [5.41, 5.74) is -0.0656. The molecule has 0 saturated heterocycles. The number of nitrogens with one attached hydrogen (secondary N) is 1. The van der Waals surface area contributed by atoms with E-state index in [0.717, 1.165) is 12.1 Å². The summed E-state index contributed by atoms with van der Waals surface area (Å²) in [6.07, 6.45) is -4.41. The Morgan fingerprint density at radius 3 is 2.43 bits per heavy atom. The second-order valence-corrected chi connectivity index (χ2v) is 4.39. The topological polar surface area (TPSA) is 55.1 Å². The van der Waals surface area contributed by atoms with Crippen LogP contribution in [0.5, 0.6) is 0 Å². The Morgan fingerprint density at radius 1 is 1.33 bits per heavy atom. The van der Waals surface area contributed by atoms with Gasteiger partial charge in [-0.05, 0) is 12.1 Å². The van der Waals surface area contributed by atoms with E-state index in [-0.39, 0.29) is 17.3 Å². The molecule has 2 aromatic rings. The van der Waals surface area contributed by atoms with Crippen molar-refractivity contribution in [2.24, 2.45) is 0 Å². The molecule has 0 unspecified atom stereocenters. The summed E-state index contributed by atoms with van der Waals surface area (Å²) in [4.78, 5) is 11.6. The van der Waals surface area contributed by atoms with Gasteiger partial charge in [0.15, 0.2) is 11.5 Å². The lowest BCUT2D eigenvalue weighted by Crippen LogP contribution is -2.19. The molecule has 0 fully saturated rings. The van der Waals surface area contributed by atoms with E-state index in [1.54, 1.807) is 0 Å². The number of carbonyl (C=O) groups is 1. The van der Waals surface area contributed by atoms with Crippen LogP contribution < -0.4 is 5.32 Å². The molecule has 1 aromatic carbocycles. The number of carbonyl (C=O) groups excluding carboxylic acids is 1. The maximum Gasteiger partial charge on any atom is 0.416 e. The Labute approximate surface area is 122 Å². The zero-order chi connectivity index (χ0) is 15.6. The summed E-state index contributed by atoms with van der Waals surface area (Å²) < 4.78 is 42.6. The molecule has 0 aliphatic heterocycles. The highest BCUT2D eigenvalue weighted by Crippen LogP contribution is 2.33. The second kappa shape index (κ2) is 5.77. The van der Waals surface area contributed by atoms with Gasteiger partial charge in [-0.2, -0.15) is 13.2 Å². The van der Waals surface area contributed by atoms with Crippen LogP contribution in [0.3, 0.4) is 0 Å². The number of rotatable bonds is 3. The normalized spacial score (nSPS) is 11.5. The Bertz CT molecular complexity index is 650. The number of benzene rings is 1. The summed E-state index contributed by atoms with van der Waals surface area (Å²) in [7, 11) is 1.42. The fraction of sp³-hybridized carbons (Fsp3) is 0.231. The van der Waals surface area contributed by atoms with Crippen molar-refractivity contribution in [3.8, 4) is 11.3 Å². The minimum atomic E-state index is -4.41. The largest absolute Gasteiger partial charge is 0.416 e. The van der Waals surface area contributed by atoms with Crippen LogP contribution in [0.15, 0.2) is 28.8 Å². The van der Waals surface area contributed by atoms with Crippen LogP contribution in [0.4, 0.5) is 13.2 Å². The minimum absolute atomic E-state index is 0.0161. The smallest absolute Gasteiger partial charge is 0.355 e. The van der Waals surface area contributed by atoms with Crippen molar-refractivity contribution in [3.05, 3.63) is 41.1 Å². The van der Waals surface area contributed by atoms with Crippen LogP contribution >= 0.6 is 11.6 Å². The summed E-state index contributed by atoms with van der Waals surface area (Å²) in [6, 6.07) is 4.34. The van der Waals surface area contributed by atoms with Crippen molar-refractivity contribution in [2.75, 3.05) is 7.05 Å². The number of amides is 1. The van der Waals surface area contributed by atoms with Gasteiger partial charge in [0.25, 0.3) is 5.91 Å². The number of halogens is 4. The molecule has 0 saturated carbocycles. The summed E-state index contributed by atoms with van der Waals surface area (Å²) >= 11 is 5.77. The zero-order valence-corrected chi connectivity index (χ0v) is 11.5. The summed E-state index contributed by atoms with van der Waals surface area (Å²) in [5, 5.41) is 5.99. The molecule has 8 heteroatoms. The van der Waals surface area contributed by atoms with Gasteiger partial charge in [-0.25, -0.2) is 0 Å². The molecule has 0 spiro atoms. The van der Waals surface area contributed by atoms with Crippen molar-refractivity contribution in [3.63, 3.8) is 0 Å². The Hall–Kier alpha value is -2.02. The van der Waals surface area contributed by atoms with Gasteiger partial charge in [-0.15, -0.1) is 11.6 Å². The first-order valence-electron chi connectivity index (χ1n) is 5.82. The molecule has 0 aliphatic rings. The van der Waals surface area contributed by atoms with Gasteiger partial charge in [0.2, 0.25) is 0 Å². The molecule has 112 valence electrons. The highest BCUT2D eigenvalue weighted by Gasteiger charge is 2.30. The molecule has 2 rings (SSSR count). The number of hydrogen-bond donors (Lipinski definition) is 1. The molecule has 0 aliphatic carbocycles.